The molecule has 36 heavy (non-hydrogen) atoms. The number of fused-ring (bicyclic) bond motifs is 1. The van der Waals surface area contributed by atoms with Crippen molar-refractivity contribution in [2.24, 2.45) is 0 Å². The van der Waals surface area contributed by atoms with Gasteiger partial charge >= 0.3 is 0 Å². The molecule has 0 bridgehead atoms. The molecule has 8 heteroatoms. The van der Waals surface area contributed by atoms with Gasteiger partial charge in [0.25, 0.3) is 5.56 Å². The van der Waals surface area contributed by atoms with Gasteiger partial charge < -0.3 is 14.4 Å². The minimum absolute atomic E-state index is 0.131. The molecule has 1 fully saturated rings. The fourth-order valence-electron chi connectivity index (χ4n) is 5.11. The summed E-state index contributed by atoms with van der Waals surface area (Å²) in [5.74, 6) is -0.0966. The van der Waals surface area contributed by atoms with Crippen LogP contribution in [0.4, 0.5) is 10.1 Å². The van der Waals surface area contributed by atoms with Crippen molar-refractivity contribution in [3.8, 4) is 5.69 Å². The van der Waals surface area contributed by atoms with Crippen molar-refractivity contribution < 1.29 is 9.18 Å². The van der Waals surface area contributed by atoms with E-state index in [-0.39, 0.29) is 17.3 Å². The topological polar surface area (TPSA) is 63.4 Å². The van der Waals surface area contributed by atoms with Crippen LogP contribution in [-0.4, -0.2) is 51.3 Å². The van der Waals surface area contributed by atoms with Crippen molar-refractivity contribution in [2.75, 3.05) is 31.1 Å². The molecule has 0 atom stereocenters. The SMILES string of the molecule is Cc1c2cnn(-c3ccccc3)c(=O)c2c(C)n1CCCC(=O)N1CCN(c2ccc(F)cc2)CC1. The molecule has 186 valence electrons. The van der Waals surface area contributed by atoms with E-state index >= 15 is 0 Å². The van der Waals surface area contributed by atoms with Crippen LogP contribution in [-0.2, 0) is 11.3 Å². The molecule has 7 nitrogen and oxygen atoms in total. The fraction of sp³-hybridized carbons (Fsp3) is 0.321. The van der Waals surface area contributed by atoms with Crippen LogP contribution in [0.3, 0.4) is 0 Å². The van der Waals surface area contributed by atoms with Crippen molar-refractivity contribution in [1.82, 2.24) is 19.2 Å². The number of hydrogen-bond donors (Lipinski definition) is 0. The number of hydrogen-bond acceptors (Lipinski definition) is 4. The maximum absolute atomic E-state index is 13.3. The van der Waals surface area contributed by atoms with E-state index in [2.05, 4.69) is 14.6 Å². The van der Waals surface area contributed by atoms with Crippen LogP contribution in [0.15, 0.2) is 65.6 Å². The van der Waals surface area contributed by atoms with Crippen LogP contribution >= 0.6 is 0 Å². The van der Waals surface area contributed by atoms with Crippen molar-refractivity contribution in [1.29, 1.82) is 0 Å². The molecule has 0 N–H and O–H groups in total. The first-order valence-electron chi connectivity index (χ1n) is 12.4. The predicted octanol–water partition coefficient (Wildman–Crippen LogP) is 4.07. The molecule has 5 rings (SSSR count). The van der Waals surface area contributed by atoms with Gasteiger partial charge in [-0.1, -0.05) is 18.2 Å². The molecule has 0 unspecified atom stereocenters. The summed E-state index contributed by atoms with van der Waals surface area (Å²) in [5.41, 5.74) is 3.48. The third-order valence-corrected chi connectivity index (χ3v) is 7.14. The van der Waals surface area contributed by atoms with Crippen LogP contribution in [0.25, 0.3) is 16.5 Å². The molecule has 0 aliphatic carbocycles. The number of aromatic nitrogens is 3. The summed E-state index contributed by atoms with van der Waals surface area (Å²) in [6.45, 7) is 7.41. The normalized spacial score (nSPS) is 14.0. The summed E-state index contributed by atoms with van der Waals surface area (Å²) < 4.78 is 16.8. The zero-order valence-corrected chi connectivity index (χ0v) is 20.7. The Morgan fingerprint density at radius 3 is 2.31 bits per heavy atom. The Morgan fingerprint density at radius 2 is 1.61 bits per heavy atom. The Morgan fingerprint density at radius 1 is 0.917 bits per heavy atom. The lowest BCUT2D eigenvalue weighted by Gasteiger charge is -2.36. The predicted molar refractivity (Wildman–Crippen MR) is 139 cm³/mol. The second-order valence-electron chi connectivity index (χ2n) is 9.26. The second-order valence-corrected chi connectivity index (χ2v) is 9.26. The molecular weight excluding hydrogens is 457 g/mol. The maximum Gasteiger partial charge on any atom is 0.281 e. The third-order valence-electron chi connectivity index (χ3n) is 7.14. The van der Waals surface area contributed by atoms with Gasteiger partial charge in [-0.25, -0.2) is 4.39 Å². The highest BCUT2D eigenvalue weighted by atomic mass is 19.1. The molecular formula is C28H30FN5O2. The lowest BCUT2D eigenvalue weighted by Crippen LogP contribution is -2.48. The number of halogens is 1. The summed E-state index contributed by atoms with van der Waals surface area (Å²) in [7, 11) is 0. The molecule has 1 saturated heterocycles. The number of rotatable bonds is 6. The lowest BCUT2D eigenvalue weighted by atomic mass is 10.2. The van der Waals surface area contributed by atoms with Gasteiger partial charge in [0.1, 0.15) is 5.82 Å². The minimum Gasteiger partial charge on any atom is -0.368 e. The molecule has 4 aromatic rings. The summed E-state index contributed by atoms with van der Waals surface area (Å²) >= 11 is 0. The first kappa shape index (κ1) is 23.8. The van der Waals surface area contributed by atoms with Crippen LogP contribution < -0.4 is 10.5 Å². The van der Waals surface area contributed by atoms with E-state index in [0.717, 1.165) is 41.2 Å². The highest BCUT2D eigenvalue weighted by molar-refractivity contribution is 5.87. The summed E-state index contributed by atoms with van der Waals surface area (Å²) in [5, 5.41) is 5.93. The van der Waals surface area contributed by atoms with E-state index in [1.807, 2.05) is 49.1 Å². The summed E-state index contributed by atoms with van der Waals surface area (Å²) in [4.78, 5) is 30.2. The van der Waals surface area contributed by atoms with Gasteiger partial charge in [0.05, 0.1) is 17.3 Å². The van der Waals surface area contributed by atoms with Gasteiger partial charge in [0.2, 0.25) is 5.91 Å². The van der Waals surface area contributed by atoms with Crippen LogP contribution in [0.5, 0.6) is 0 Å². The smallest absolute Gasteiger partial charge is 0.281 e. The molecule has 2 aromatic heterocycles. The molecule has 1 aliphatic rings. The van der Waals surface area contributed by atoms with Gasteiger partial charge in [0, 0.05) is 61.6 Å². The fourth-order valence-corrected chi connectivity index (χ4v) is 5.11. The lowest BCUT2D eigenvalue weighted by molar-refractivity contribution is -0.131. The first-order valence-corrected chi connectivity index (χ1v) is 12.4. The number of nitrogens with zero attached hydrogens (tertiary/aromatic N) is 5. The Hall–Kier alpha value is -3.94. The van der Waals surface area contributed by atoms with Crippen molar-refractivity contribution >= 4 is 22.4 Å². The average molecular weight is 488 g/mol. The quantitative estimate of drug-likeness (QED) is 0.411. The van der Waals surface area contributed by atoms with Crippen molar-refractivity contribution in [2.45, 2.75) is 33.2 Å². The number of carbonyl (C=O) groups is 1. The van der Waals surface area contributed by atoms with Crippen molar-refractivity contribution in [3.63, 3.8) is 0 Å². The minimum atomic E-state index is -0.244. The third kappa shape index (κ3) is 4.51. The molecule has 0 radical (unpaired) electrons. The maximum atomic E-state index is 13.3. The number of aryl methyl sites for hydroxylation is 2. The summed E-state index contributed by atoms with van der Waals surface area (Å²) in [6.07, 6.45) is 2.91. The van der Waals surface area contributed by atoms with Crippen LogP contribution in [0, 0.1) is 19.7 Å². The molecule has 0 spiro atoms. The van der Waals surface area contributed by atoms with E-state index in [1.165, 1.54) is 16.8 Å². The molecule has 0 saturated carbocycles. The van der Waals surface area contributed by atoms with Crippen LogP contribution in [0.1, 0.15) is 24.2 Å². The highest BCUT2D eigenvalue weighted by Crippen LogP contribution is 2.23. The highest BCUT2D eigenvalue weighted by Gasteiger charge is 2.22. The van der Waals surface area contributed by atoms with Crippen LogP contribution in [0.2, 0.25) is 0 Å². The second kappa shape index (κ2) is 9.97. The van der Waals surface area contributed by atoms with Crippen molar-refractivity contribution in [3.05, 3.63) is 88.4 Å². The van der Waals surface area contributed by atoms with E-state index in [4.69, 9.17) is 0 Å². The van der Waals surface area contributed by atoms with E-state index < -0.39 is 0 Å². The van der Waals surface area contributed by atoms with Gasteiger partial charge in [-0.05, 0) is 56.7 Å². The van der Waals surface area contributed by atoms with E-state index in [0.29, 0.717) is 37.9 Å². The number of amides is 1. The monoisotopic (exact) mass is 487 g/mol. The number of anilines is 1. The Labute approximate surface area is 209 Å². The Balaban J connectivity index is 1.22. The molecule has 2 aromatic carbocycles. The number of piperazine rings is 1. The van der Waals surface area contributed by atoms with Gasteiger partial charge in [-0.2, -0.15) is 9.78 Å². The molecule has 1 amide bonds. The average Bonchev–Trinajstić information content (AvgIpc) is 3.15. The van der Waals surface area contributed by atoms with Gasteiger partial charge in [-0.3, -0.25) is 9.59 Å². The van der Waals surface area contributed by atoms with E-state index in [9.17, 15) is 14.0 Å². The molecule has 3 heterocycles. The standard InChI is InChI=1S/C28H30FN5O2/c1-20-25-19-30-34(24-7-4-3-5-8-24)28(36)27(25)21(2)33(20)14-6-9-26(35)32-17-15-31(16-18-32)23-12-10-22(29)11-13-23/h3-5,7-8,10-13,19H,6,9,14-18H2,1-2H3. The van der Waals surface area contributed by atoms with Gasteiger partial charge in [0.15, 0.2) is 0 Å². The largest absolute Gasteiger partial charge is 0.368 e. The first-order chi connectivity index (χ1) is 17.4. The zero-order valence-electron chi connectivity index (χ0n) is 20.7. The molecule has 1 aliphatic heterocycles. The Bertz CT molecular complexity index is 1440. The number of benzene rings is 2. The Kier molecular flexibility index (Phi) is 6.59. The number of carbonyl (C=O) groups excluding carboxylic acids is 1. The summed E-state index contributed by atoms with van der Waals surface area (Å²) in [6, 6.07) is 15.9. The van der Waals surface area contributed by atoms with E-state index in [1.54, 1.807) is 18.3 Å². The zero-order chi connectivity index (χ0) is 25.2. The number of para-hydroxylation sites is 1. The van der Waals surface area contributed by atoms with Gasteiger partial charge in [-0.15, -0.1) is 0 Å².